The second kappa shape index (κ2) is 6.14. The first-order valence-electron chi connectivity index (χ1n) is 2.97. The van der Waals surface area contributed by atoms with Crippen LogP contribution in [0.5, 0.6) is 0 Å². The number of alkyl halides is 2. The van der Waals surface area contributed by atoms with Crippen LogP contribution in [0.4, 0.5) is 0 Å². The zero-order valence-electron chi connectivity index (χ0n) is 5.16. The van der Waals surface area contributed by atoms with Crippen molar-refractivity contribution in [3.8, 4) is 0 Å². The standard InChI is InChI=1S/C6H12ClI/c1-6(8)4-2-3-5-7/h6H,2-5H2,1H3. The van der Waals surface area contributed by atoms with Crippen molar-refractivity contribution in [2.75, 3.05) is 5.88 Å². The van der Waals surface area contributed by atoms with E-state index in [1.165, 1.54) is 19.3 Å². The Bertz CT molecular complexity index is 45.8. The van der Waals surface area contributed by atoms with Gasteiger partial charge in [-0.3, -0.25) is 0 Å². The van der Waals surface area contributed by atoms with Gasteiger partial charge in [-0.1, -0.05) is 35.9 Å². The van der Waals surface area contributed by atoms with Crippen LogP contribution in [0.3, 0.4) is 0 Å². The van der Waals surface area contributed by atoms with Crippen LogP contribution >= 0.6 is 34.2 Å². The number of rotatable bonds is 4. The van der Waals surface area contributed by atoms with E-state index in [-0.39, 0.29) is 0 Å². The summed E-state index contributed by atoms with van der Waals surface area (Å²) >= 11 is 7.92. The molecule has 0 nitrogen and oxygen atoms in total. The lowest BCUT2D eigenvalue weighted by atomic mass is 10.2. The molecule has 0 spiro atoms. The minimum absolute atomic E-state index is 0.816. The molecule has 0 amide bonds. The van der Waals surface area contributed by atoms with Crippen molar-refractivity contribution in [3.63, 3.8) is 0 Å². The van der Waals surface area contributed by atoms with E-state index in [0.29, 0.717) is 0 Å². The fourth-order valence-electron chi connectivity index (χ4n) is 0.520. The third-order valence-electron chi connectivity index (χ3n) is 0.986. The van der Waals surface area contributed by atoms with E-state index in [2.05, 4.69) is 29.5 Å². The highest BCUT2D eigenvalue weighted by Crippen LogP contribution is 2.08. The Hall–Kier alpha value is 1.02. The molecule has 0 bridgehead atoms. The average Bonchev–Trinajstić information content (AvgIpc) is 1.66. The van der Waals surface area contributed by atoms with Crippen LogP contribution in [0.15, 0.2) is 0 Å². The zero-order chi connectivity index (χ0) is 6.41. The van der Waals surface area contributed by atoms with Gasteiger partial charge in [0.25, 0.3) is 0 Å². The summed E-state index contributed by atoms with van der Waals surface area (Å²) in [5.41, 5.74) is 0. The molecule has 0 rings (SSSR count). The zero-order valence-corrected chi connectivity index (χ0v) is 8.08. The van der Waals surface area contributed by atoms with Crippen molar-refractivity contribution in [1.82, 2.24) is 0 Å². The third kappa shape index (κ3) is 7.02. The summed E-state index contributed by atoms with van der Waals surface area (Å²) in [7, 11) is 0. The molecule has 0 aliphatic carbocycles. The Morgan fingerprint density at radius 3 is 2.50 bits per heavy atom. The van der Waals surface area contributed by atoms with Crippen molar-refractivity contribution < 1.29 is 0 Å². The maximum absolute atomic E-state index is 5.48. The molecule has 0 aliphatic rings. The Kier molecular flexibility index (Phi) is 6.93. The van der Waals surface area contributed by atoms with Gasteiger partial charge < -0.3 is 0 Å². The summed E-state index contributed by atoms with van der Waals surface area (Å²) in [5.74, 6) is 0.823. The lowest BCUT2D eigenvalue weighted by Crippen LogP contribution is -1.88. The smallest absolute Gasteiger partial charge is 0.0223 e. The summed E-state index contributed by atoms with van der Waals surface area (Å²) in [6.07, 6.45) is 3.77. The lowest BCUT2D eigenvalue weighted by Gasteiger charge is -1.98. The second-order valence-corrected chi connectivity index (χ2v) is 4.47. The van der Waals surface area contributed by atoms with E-state index >= 15 is 0 Å². The molecule has 0 aromatic rings. The third-order valence-corrected chi connectivity index (χ3v) is 1.88. The highest BCUT2D eigenvalue weighted by atomic mass is 127. The fourth-order valence-corrected chi connectivity index (χ4v) is 1.15. The van der Waals surface area contributed by atoms with Crippen molar-refractivity contribution >= 4 is 34.2 Å². The molecule has 0 fully saturated rings. The van der Waals surface area contributed by atoms with E-state index in [9.17, 15) is 0 Å². The van der Waals surface area contributed by atoms with Gasteiger partial charge in [0.15, 0.2) is 0 Å². The monoisotopic (exact) mass is 246 g/mol. The quantitative estimate of drug-likeness (QED) is 0.406. The largest absolute Gasteiger partial charge is 0.127 e. The van der Waals surface area contributed by atoms with Crippen LogP contribution in [0.25, 0.3) is 0 Å². The predicted molar refractivity (Wildman–Crippen MR) is 48.1 cm³/mol. The molecule has 8 heavy (non-hydrogen) atoms. The Labute approximate surface area is 70.1 Å². The molecule has 0 aliphatic heterocycles. The summed E-state index contributed by atoms with van der Waals surface area (Å²) in [6, 6.07) is 0. The van der Waals surface area contributed by atoms with Gasteiger partial charge in [-0.05, 0) is 12.8 Å². The lowest BCUT2D eigenvalue weighted by molar-refractivity contribution is 0.729. The molecule has 0 heterocycles. The molecule has 0 aromatic carbocycles. The molecular formula is C6H12ClI. The predicted octanol–water partition coefficient (Wildman–Crippen LogP) is 3.22. The van der Waals surface area contributed by atoms with Crippen molar-refractivity contribution in [1.29, 1.82) is 0 Å². The highest BCUT2D eigenvalue weighted by molar-refractivity contribution is 14.1. The van der Waals surface area contributed by atoms with Crippen LogP contribution in [-0.2, 0) is 0 Å². The van der Waals surface area contributed by atoms with Crippen LogP contribution in [-0.4, -0.2) is 9.80 Å². The first kappa shape index (κ1) is 9.02. The number of halogens is 2. The van der Waals surface area contributed by atoms with E-state index in [1.807, 2.05) is 0 Å². The van der Waals surface area contributed by atoms with E-state index in [1.54, 1.807) is 0 Å². The van der Waals surface area contributed by atoms with E-state index in [4.69, 9.17) is 11.6 Å². The van der Waals surface area contributed by atoms with Gasteiger partial charge in [0.05, 0.1) is 0 Å². The van der Waals surface area contributed by atoms with Gasteiger partial charge in [-0.25, -0.2) is 0 Å². The van der Waals surface area contributed by atoms with Gasteiger partial charge in [-0.2, -0.15) is 0 Å². The fraction of sp³-hybridized carbons (Fsp3) is 1.00. The Morgan fingerprint density at radius 1 is 1.50 bits per heavy atom. The normalized spacial score (nSPS) is 13.9. The molecule has 0 aromatic heterocycles. The van der Waals surface area contributed by atoms with Crippen molar-refractivity contribution in [2.45, 2.75) is 30.1 Å². The summed E-state index contributed by atoms with van der Waals surface area (Å²) in [5, 5.41) is 0. The SMILES string of the molecule is CC(I)CCCCCl. The number of hydrogen-bond acceptors (Lipinski definition) is 0. The average molecular weight is 247 g/mol. The Balaban J connectivity index is 2.72. The van der Waals surface area contributed by atoms with E-state index in [0.717, 1.165) is 9.80 Å². The van der Waals surface area contributed by atoms with Crippen molar-refractivity contribution in [3.05, 3.63) is 0 Å². The molecule has 0 radical (unpaired) electrons. The molecular weight excluding hydrogens is 234 g/mol. The summed E-state index contributed by atoms with van der Waals surface area (Å²) in [4.78, 5) is 0. The van der Waals surface area contributed by atoms with Crippen molar-refractivity contribution in [2.24, 2.45) is 0 Å². The maximum atomic E-state index is 5.48. The molecule has 2 heteroatoms. The van der Waals surface area contributed by atoms with Gasteiger partial charge >= 0.3 is 0 Å². The van der Waals surface area contributed by atoms with Crippen LogP contribution < -0.4 is 0 Å². The first-order chi connectivity index (χ1) is 3.77. The first-order valence-corrected chi connectivity index (χ1v) is 4.75. The highest BCUT2D eigenvalue weighted by Gasteiger charge is 1.92. The summed E-state index contributed by atoms with van der Waals surface area (Å²) < 4.78 is 0.816. The maximum Gasteiger partial charge on any atom is 0.0223 e. The van der Waals surface area contributed by atoms with Crippen LogP contribution in [0.1, 0.15) is 26.2 Å². The molecule has 1 atom stereocenters. The van der Waals surface area contributed by atoms with Gasteiger partial charge in [-0.15, -0.1) is 11.6 Å². The minimum atomic E-state index is 0.816. The van der Waals surface area contributed by atoms with Gasteiger partial charge in [0, 0.05) is 9.80 Å². The van der Waals surface area contributed by atoms with Gasteiger partial charge in [0.1, 0.15) is 0 Å². The number of hydrogen-bond donors (Lipinski definition) is 0. The molecule has 1 unspecified atom stereocenters. The number of unbranched alkanes of at least 4 members (excludes halogenated alkanes) is 1. The molecule has 0 N–H and O–H groups in total. The summed E-state index contributed by atoms with van der Waals surface area (Å²) in [6.45, 7) is 2.23. The second-order valence-electron chi connectivity index (χ2n) is 1.97. The Morgan fingerprint density at radius 2 is 2.12 bits per heavy atom. The molecule has 50 valence electrons. The van der Waals surface area contributed by atoms with Crippen LogP contribution in [0.2, 0.25) is 0 Å². The molecule has 0 saturated carbocycles. The molecule has 0 saturated heterocycles. The van der Waals surface area contributed by atoms with E-state index < -0.39 is 0 Å². The topological polar surface area (TPSA) is 0 Å². The van der Waals surface area contributed by atoms with Gasteiger partial charge in [0.2, 0.25) is 0 Å². The minimum Gasteiger partial charge on any atom is -0.127 e. The van der Waals surface area contributed by atoms with Crippen LogP contribution in [0, 0.1) is 0 Å².